The van der Waals surface area contributed by atoms with Gasteiger partial charge in [0.05, 0.1) is 5.69 Å². The Morgan fingerprint density at radius 3 is 2.77 bits per heavy atom. The standard InChI is InChI=1S/C19H24N4O2S/c24-18(22-25)8-5-15-3-6-16(7-4-15)17-14-26-19(21-17)13-20-9-12-23-10-1-2-11-23/h3-8,14,20,25H,1-2,9-13H2,(H,22,24). The van der Waals surface area contributed by atoms with Crippen LogP contribution in [0.2, 0.25) is 0 Å². The lowest BCUT2D eigenvalue weighted by Gasteiger charge is -2.14. The van der Waals surface area contributed by atoms with Crippen LogP contribution < -0.4 is 10.8 Å². The van der Waals surface area contributed by atoms with E-state index in [0.717, 1.165) is 41.5 Å². The van der Waals surface area contributed by atoms with Crippen LogP contribution in [0.3, 0.4) is 0 Å². The van der Waals surface area contributed by atoms with Gasteiger partial charge in [0.1, 0.15) is 5.01 Å². The summed E-state index contributed by atoms with van der Waals surface area (Å²) in [4.78, 5) is 18.2. The van der Waals surface area contributed by atoms with E-state index in [9.17, 15) is 4.79 Å². The maximum atomic E-state index is 11.0. The number of nitrogens with one attached hydrogen (secondary N) is 2. The Labute approximate surface area is 157 Å². The summed E-state index contributed by atoms with van der Waals surface area (Å²) in [7, 11) is 0. The average molecular weight is 372 g/mol. The Hall–Kier alpha value is -2.06. The molecule has 3 rings (SSSR count). The zero-order chi connectivity index (χ0) is 18.2. The molecule has 2 aromatic rings. The summed E-state index contributed by atoms with van der Waals surface area (Å²) in [6.45, 7) is 5.38. The van der Waals surface area contributed by atoms with Gasteiger partial charge in [-0.25, -0.2) is 10.5 Å². The smallest absolute Gasteiger partial charge is 0.267 e. The highest BCUT2D eigenvalue weighted by atomic mass is 32.1. The van der Waals surface area contributed by atoms with Gasteiger partial charge in [0, 0.05) is 36.7 Å². The molecule has 6 nitrogen and oxygen atoms in total. The summed E-state index contributed by atoms with van der Waals surface area (Å²) in [5.41, 5.74) is 4.47. The number of thiazole rings is 1. The Morgan fingerprint density at radius 1 is 1.27 bits per heavy atom. The molecule has 26 heavy (non-hydrogen) atoms. The van der Waals surface area contributed by atoms with Crippen molar-refractivity contribution in [2.24, 2.45) is 0 Å². The fourth-order valence-corrected chi connectivity index (χ4v) is 3.71. The molecule has 1 aliphatic rings. The molecular formula is C19H24N4O2S. The summed E-state index contributed by atoms with van der Waals surface area (Å²) in [5, 5.41) is 15.1. The van der Waals surface area contributed by atoms with Crippen LogP contribution in [-0.2, 0) is 11.3 Å². The lowest BCUT2D eigenvalue weighted by Crippen LogP contribution is -2.29. The molecule has 1 aliphatic heterocycles. The summed E-state index contributed by atoms with van der Waals surface area (Å²) in [6.07, 6.45) is 5.59. The second-order valence-corrected chi connectivity index (χ2v) is 7.23. The van der Waals surface area contributed by atoms with Gasteiger partial charge in [-0.15, -0.1) is 11.3 Å². The number of benzene rings is 1. The zero-order valence-corrected chi connectivity index (χ0v) is 15.5. The molecule has 7 heteroatoms. The second kappa shape index (κ2) is 9.59. The Morgan fingerprint density at radius 2 is 2.04 bits per heavy atom. The molecule has 1 fully saturated rings. The highest BCUT2D eigenvalue weighted by Crippen LogP contribution is 2.22. The highest BCUT2D eigenvalue weighted by molar-refractivity contribution is 7.09. The van der Waals surface area contributed by atoms with Crippen molar-refractivity contribution in [3.8, 4) is 11.3 Å². The van der Waals surface area contributed by atoms with Gasteiger partial charge in [0.15, 0.2) is 0 Å². The normalized spacial score (nSPS) is 15.0. The molecule has 1 saturated heterocycles. The Kier molecular flexibility index (Phi) is 6.90. The van der Waals surface area contributed by atoms with E-state index in [-0.39, 0.29) is 0 Å². The molecule has 0 bridgehead atoms. The van der Waals surface area contributed by atoms with Crippen molar-refractivity contribution >= 4 is 23.3 Å². The monoisotopic (exact) mass is 372 g/mol. The van der Waals surface area contributed by atoms with E-state index < -0.39 is 5.91 Å². The molecule has 0 radical (unpaired) electrons. The largest absolute Gasteiger partial charge is 0.309 e. The predicted octanol–water partition coefficient (Wildman–Crippen LogP) is 2.51. The molecule has 0 aliphatic carbocycles. The van der Waals surface area contributed by atoms with Crippen molar-refractivity contribution in [2.45, 2.75) is 19.4 Å². The average Bonchev–Trinajstić information content (AvgIpc) is 3.35. The van der Waals surface area contributed by atoms with Crippen LogP contribution in [0.25, 0.3) is 17.3 Å². The third-order valence-electron chi connectivity index (χ3n) is 4.38. The van der Waals surface area contributed by atoms with Crippen molar-refractivity contribution in [3.63, 3.8) is 0 Å². The first-order chi connectivity index (χ1) is 12.7. The topological polar surface area (TPSA) is 77.5 Å². The molecule has 0 spiro atoms. The first kappa shape index (κ1) is 18.7. The van der Waals surface area contributed by atoms with Crippen LogP contribution in [0.5, 0.6) is 0 Å². The molecule has 0 atom stereocenters. The third-order valence-corrected chi connectivity index (χ3v) is 5.22. The van der Waals surface area contributed by atoms with Crippen LogP contribution in [0.15, 0.2) is 35.7 Å². The van der Waals surface area contributed by atoms with Crippen molar-refractivity contribution in [1.82, 2.24) is 20.7 Å². The number of hydrogen-bond acceptors (Lipinski definition) is 6. The maximum Gasteiger partial charge on any atom is 0.267 e. The van der Waals surface area contributed by atoms with Gasteiger partial charge in [0.25, 0.3) is 5.91 Å². The van der Waals surface area contributed by atoms with Crippen LogP contribution >= 0.6 is 11.3 Å². The van der Waals surface area contributed by atoms with Gasteiger partial charge < -0.3 is 10.2 Å². The van der Waals surface area contributed by atoms with Gasteiger partial charge in [0.2, 0.25) is 0 Å². The second-order valence-electron chi connectivity index (χ2n) is 6.28. The van der Waals surface area contributed by atoms with Gasteiger partial charge in [-0.1, -0.05) is 24.3 Å². The Balaban J connectivity index is 1.49. The van der Waals surface area contributed by atoms with Gasteiger partial charge >= 0.3 is 0 Å². The fraction of sp³-hybridized carbons (Fsp3) is 0.368. The first-order valence-corrected chi connectivity index (χ1v) is 9.72. The van der Waals surface area contributed by atoms with E-state index in [1.54, 1.807) is 22.9 Å². The number of carbonyl (C=O) groups excluding carboxylic acids is 1. The number of amides is 1. The first-order valence-electron chi connectivity index (χ1n) is 8.84. The van der Waals surface area contributed by atoms with Crippen molar-refractivity contribution in [2.75, 3.05) is 26.2 Å². The van der Waals surface area contributed by atoms with E-state index in [1.165, 1.54) is 32.0 Å². The van der Waals surface area contributed by atoms with Crippen molar-refractivity contribution in [3.05, 3.63) is 46.3 Å². The van der Waals surface area contributed by atoms with Crippen LogP contribution in [-0.4, -0.2) is 47.2 Å². The van der Waals surface area contributed by atoms with Crippen molar-refractivity contribution in [1.29, 1.82) is 0 Å². The summed E-state index contributed by atoms with van der Waals surface area (Å²) in [5.74, 6) is -0.546. The van der Waals surface area contributed by atoms with Gasteiger partial charge in [-0.2, -0.15) is 0 Å². The van der Waals surface area contributed by atoms with E-state index in [1.807, 2.05) is 24.3 Å². The van der Waals surface area contributed by atoms with Gasteiger partial charge in [-0.05, 0) is 37.6 Å². The minimum atomic E-state index is -0.546. The molecule has 2 heterocycles. The number of likely N-dealkylation sites (tertiary alicyclic amines) is 1. The fourth-order valence-electron chi connectivity index (χ4n) is 2.94. The summed E-state index contributed by atoms with van der Waals surface area (Å²) >= 11 is 1.67. The lowest BCUT2D eigenvalue weighted by atomic mass is 10.1. The molecule has 1 aromatic carbocycles. The number of hydrogen-bond donors (Lipinski definition) is 3. The van der Waals surface area contributed by atoms with E-state index in [2.05, 4.69) is 15.6 Å². The maximum absolute atomic E-state index is 11.0. The Bertz CT molecular complexity index is 736. The molecule has 0 saturated carbocycles. The van der Waals surface area contributed by atoms with E-state index in [4.69, 9.17) is 10.2 Å². The van der Waals surface area contributed by atoms with Crippen LogP contribution in [0, 0.1) is 0 Å². The molecule has 0 unspecified atom stereocenters. The lowest BCUT2D eigenvalue weighted by molar-refractivity contribution is -0.124. The van der Waals surface area contributed by atoms with Crippen LogP contribution in [0.1, 0.15) is 23.4 Å². The third kappa shape index (κ3) is 5.47. The number of carbonyl (C=O) groups is 1. The highest BCUT2D eigenvalue weighted by Gasteiger charge is 2.10. The van der Waals surface area contributed by atoms with E-state index in [0.29, 0.717) is 0 Å². The minimum absolute atomic E-state index is 0.546. The minimum Gasteiger partial charge on any atom is -0.309 e. The summed E-state index contributed by atoms with van der Waals surface area (Å²) in [6, 6.07) is 7.81. The molecular weight excluding hydrogens is 348 g/mol. The molecule has 138 valence electrons. The number of hydroxylamine groups is 1. The predicted molar refractivity (Wildman–Crippen MR) is 104 cm³/mol. The zero-order valence-electron chi connectivity index (χ0n) is 14.6. The van der Waals surface area contributed by atoms with E-state index >= 15 is 0 Å². The number of nitrogens with zero attached hydrogens (tertiary/aromatic N) is 2. The number of aromatic nitrogens is 1. The van der Waals surface area contributed by atoms with Crippen LogP contribution in [0.4, 0.5) is 0 Å². The van der Waals surface area contributed by atoms with Crippen molar-refractivity contribution < 1.29 is 10.0 Å². The van der Waals surface area contributed by atoms with Gasteiger partial charge in [-0.3, -0.25) is 10.0 Å². The molecule has 1 aromatic heterocycles. The molecule has 1 amide bonds. The SMILES string of the molecule is O=C(C=Cc1ccc(-c2csc(CNCCN3CCCC3)n2)cc1)NO. The quantitative estimate of drug-likeness (QED) is 0.287. The number of rotatable bonds is 8. The summed E-state index contributed by atoms with van der Waals surface area (Å²) < 4.78 is 0. The molecule has 3 N–H and O–H groups in total.